The Bertz CT molecular complexity index is 851. The molecule has 30 heavy (non-hydrogen) atoms. The van der Waals surface area contributed by atoms with E-state index in [0.717, 1.165) is 30.2 Å². The molecule has 162 valence electrons. The van der Waals surface area contributed by atoms with Gasteiger partial charge >= 0.3 is 0 Å². The molecule has 2 aromatic rings. The van der Waals surface area contributed by atoms with Crippen LogP contribution in [0.5, 0.6) is 11.5 Å². The molecule has 3 rings (SSSR count). The number of carbonyl (C=O) groups excluding carboxylic acids is 2. The molecule has 2 amide bonds. The molecule has 0 aliphatic heterocycles. The number of nitrogens with one attached hydrogen (secondary N) is 1. The molecule has 9 nitrogen and oxygen atoms in total. The molecule has 0 unspecified atom stereocenters. The minimum Gasteiger partial charge on any atom is -0.494 e. The number of benzene rings is 1. The molecule has 3 N–H and O–H groups in total. The summed E-state index contributed by atoms with van der Waals surface area (Å²) in [7, 11) is 0. The van der Waals surface area contributed by atoms with E-state index in [1.807, 2.05) is 35.8 Å². The molecular formula is C20H27N5O4S. The van der Waals surface area contributed by atoms with Crippen molar-refractivity contribution in [1.29, 1.82) is 0 Å². The van der Waals surface area contributed by atoms with Crippen molar-refractivity contribution in [3.05, 3.63) is 30.1 Å². The molecule has 10 heteroatoms. The number of thioether (sulfide) groups is 1. The van der Waals surface area contributed by atoms with Crippen LogP contribution in [0.2, 0.25) is 0 Å². The molecule has 0 atom stereocenters. The van der Waals surface area contributed by atoms with E-state index < -0.39 is 0 Å². The molecule has 1 fully saturated rings. The van der Waals surface area contributed by atoms with Crippen molar-refractivity contribution in [3.8, 4) is 11.5 Å². The van der Waals surface area contributed by atoms with Crippen molar-refractivity contribution in [3.63, 3.8) is 0 Å². The molecule has 1 aromatic carbocycles. The maximum Gasteiger partial charge on any atom is 0.230 e. The first kappa shape index (κ1) is 21.9. The maximum atomic E-state index is 12.1. The largest absolute Gasteiger partial charge is 0.494 e. The molecule has 1 aromatic heterocycles. The van der Waals surface area contributed by atoms with Gasteiger partial charge in [-0.2, -0.15) is 0 Å². The summed E-state index contributed by atoms with van der Waals surface area (Å²) in [6, 6.07) is 7.36. The first-order valence-electron chi connectivity index (χ1n) is 10.0. The first-order valence-corrected chi connectivity index (χ1v) is 11.0. The number of carbonyl (C=O) groups is 2. The third-order valence-electron chi connectivity index (χ3n) is 4.43. The number of ether oxygens (including phenoxy) is 2. The topological polar surface area (TPSA) is 121 Å². The lowest BCUT2D eigenvalue weighted by molar-refractivity contribution is -0.119. The average molecular weight is 434 g/mol. The number of primary amides is 1. The Kier molecular flexibility index (Phi) is 7.95. The lowest BCUT2D eigenvalue weighted by Gasteiger charge is -2.10. The van der Waals surface area contributed by atoms with Crippen molar-refractivity contribution in [2.24, 2.45) is 5.73 Å². The van der Waals surface area contributed by atoms with Crippen LogP contribution in [-0.2, 0) is 16.1 Å². The van der Waals surface area contributed by atoms with E-state index in [4.69, 9.17) is 15.2 Å². The molecule has 1 aliphatic rings. The second-order valence-electron chi connectivity index (χ2n) is 6.87. The third-order valence-corrected chi connectivity index (χ3v) is 5.40. The quantitative estimate of drug-likeness (QED) is 0.364. The number of hydrogen-bond donors (Lipinski definition) is 2. The highest BCUT2D eigenvalue weighted by Crippen LogP contribution is 2.40. The van der Waals surface area contributed by atoms with Gasteiger partial charge in [0.1, 0.15) is 23.9 Å². The van der Waals surface area contributed by atoms with Gasteiger partial charge in [0, 0.05) is 18.9 Å². The van der Waals surface area contributed by atoms with Gasteiger partial charge < -0.3 is 25.1 Å². The Hall–Kier alpha value is -2.75. The monoisotopic (exact) mass is 433 g/mol. The highest BCUT2D eigenvalue weighted by atomic mass is 32.2. The second kappa shape index (κ2) is 10.9. The van der Waals surface area contributed by atoms with Crippen LogP contribution in [0.1, 0.15) is 37.9 Å². The smallest absolute Gasteiger partial charge is 0.230 e. The predicted octanol–water partition coefficient (Wildman–Crippen LogP) is 1.72. The average Bonchev–Trinajstić information content (AvgIpc) is 3.49. The van der Waals surface area contributed by atoms with E-state index in [1.165, 1.54) is 11.8 Å². The van der Waals surface area contributed by atoms with E-state index in [2.05, 4.69) is 15.5 Å². The van der Waals surface area contributed by atoms with Gasteiger partial charge in [0.05, 0.1) is 18.9 Å². The Morgan fingerprint density at radius 3 is 2.53 bits per heavy atom. The molecule has 0 spiro atoms. The van der Waals surface area contributed by atoms with Gasteiger partial charge in [0.15, 0.2) is 5.16 Å². The van der Waals surface area contributed by atoms with Crippen molar-refractivity contribution in [1.82, 2.24) is 20.1 Å². The Labute approximate surface area is 179 Å². The summed E-state index contributed by atoms with van der Waals surface area (Å²) >= 11 is 1.30. The summed E-state index contributed by atoms with van der Waals surface area (Å²) in [5.41, 5.74) is 5.27. The van der Waals surface area contributed by atoms with Crippen LogP contribution < -0.4 is 20.5 Å². The molecule has 0 bridgehead atoms. The lowest BCUT2D eigenvalue weighted by Crippen LogP contribution is -2.29. The number of nitrogens with zero attached hydrogens (tertiary/aromatic N) is 3. The van der Waals surface area contributed by atoms with Gasteiger partial charge in [-0.05, 0) is 44.0 Å². The summed E-state index contributed by atoms with van der Waals surface area (Å²) in [5.74, 6) is 2.51. The number of nitrogens with two attached hydrogens (primary N) is 1. The summed E-state index contributed by atoms with van der Waals surface area (Å²) in [5, 5.41) is 11.9. The molecule has 1 saturated carbocycles. The van der Waals surface area contributed by atoms with E-state index >= 15 is 0 Å². The van der Waals surface area contributed by atoms with Crippen molar-refractivity contribution in [2.45, 2.75) is 43.8 Å². The van der Waals surface area contributed by atoms with Crippen LogP contribution >= 0.6 is 11.8 Å². The zero-order valence-corrected chi connectivity index (χ0v) is 17.8. The molecular weight excluding hydrogens is 406 g/mol. The number of amides is 2. The predicted molar refractivity (Wildman–Crippen MR) is 113 cm³/mol. The standard InChI is InChI=1S/C20H27N5O4S/c1-2-28-15-5-7-16(8-6-15)29-12-10-22-18(27)13-30-20-24-23-19(14-3-4-14)25(20)11-9-17(21)26/h5-8,14H,2-4,9-13H2,1H3,(H2,21,26)(H,22,27). The summed E-state index contributed by atoms with van der Waals surface area (Å²) in [4.78, 5) is 23.3. The van der Waals surface area contributed by atoms with Gasteiger partial charge in [0.25, 0.3) is 0 Å². The van der Waals surface area contributed by atoms with Gasteiger partial charge in [0.2, 0.25) is 11.8 Å². The Balaban J connectivity index is 1.39. The van der Waals surface area contributed by atoms with Gasteiger partial charge in [-0.3, -0.25) is 9.59 Å². The number of rotatable bonds is 13. The van der Waals surface area contributed by atoms with Crippen LogP contribution in [0.3, 0.4) is 0 Å². The molecule has 0 saturated heterocycles. The Morgan fingerprint density at radius 1 is 1.20 bits per heavy atom. The van der Waals surface area contributed by atoms with Gasteiger partial charge in [-0.1, -0.05) is 11.8 Å². The fourth-order valence-corrected chi connectivity index (χ4v) is 3.62. The highest BCUT2D eigenvalue weighted by Gasteiger charge is 2.30. The van der Waals surface area contributed by atoms with E-state index in [-0.39, 0.29) is 24.0 Å². The van der Waals surface area contributed by atoms with Crippen LogP contribution in [0.15, 0.2) is 29.4 Å². The fraction of sp³-hybridized carbons (Fsp3) is 0.500. The zero-order valence-electron chi connectivity index (χ0n) is 17.0. The Morgan fingerprint density at radius 2 is 1.90 bits per heavy atom. The van der Waals surface area contributed by atoms with Crippen molar-refractivity contribution < 1.29 is 19.1 Å². The SMILES string of the molecule is CCOc1ccc(OCCNC(=O)CSc2nnc(C3CC3)n2CCC(N)=O)cc1. The van der Waals surface area contributed by atoms with Gasteiger partial charge in [-0.15, -0.1) is 10.2 Å². The zero-order chi connectivity index (χ0) is 21.3. The van der Waals surface area contributed by atoms with Crippen LogP contribution in [0, 0.1) is 0 Å². The minimum atomic E-state index is -0.369. The van der Waals surface area contributed by atoms with Crippen molar-refractivity contribution >= 4 is 23.6 Å². The van der Waals surface area contributed by atoms with Crippen LogP contribution in [0.25, 0.3) is 0 Å². The molecule has 1 aliphatic carbocycles. The molecule has 1 heterocycles. The number of aromatic nitrogens is 3. The third kappa shape index (κ3) is 6.65. The summed E-state index contributed by atoms with van der Waals surface area (Å²) < 4.78 is 12.9. The fourth-order valence-electron chi connectivity index (χ4n) is 2.82. The van der Waals surface area contributed by atoms with E-state index in [9.17, 15) is 9.59 Å². The van der Waals surface area contributed by atoms with E-state index in [1.54, 1.807) is 0 Å². The normalized spacial score (nSPS) is 13.1. The minimum absolute atomic E-state index is 0.118. The van der Waals surface area contributed by atoms with Crippen molar-refractivity contribution in [2.75, 3.05) is 25.5 Å². The second-order valence-corrected chi connectivity index (χ2v) is 7.82. The maximum absolute atomic E-state index is 12.1. The summed E-state index contributed by atoms with van der Waals surface area (Å²) in [6.07, 6.45) is 2.38. The van der Waals surface area contributed by atoms with Crippen LogP contribution in [-0.4, -0.2) is 52.1 Å². The summed E-state index contributed by atoms with van der Waals surface area (Å²) in [6.45, 7) is 3.75. The van der Waals surface area contributed by atoms with E-state index in [0.29, 0.717) is 37.4 Å². The highest BCUT2D eigenvalue weighted by molar-refractivity contribution is 7.99. The van der Waals surface area contributed by atoms with Gasteiger partial charge in [-0.25, -0.2) is 0 Å². The number of hydrogen-bond acceptors (Lipinski definition) is 7. The van der Waals surface area contributed by atoms with Crippen LogP contribution in [0.4, 0.5) is 0 Å². The molecule has 0 radical (unpaired) electrons. The first-order chi connectivity index (χ1) is 14.6. The lowest BCUT2D eigenvalue weighted by atomic mass is 10.3.